The van der Waals surface area contributed by atoms with Gasteiger partial charge in [0.1, 0.15) is 0 Å². The zero-order valence-corrected chi connectivity index (χ0v) is 11.4. The van der Waals surface area contributed by atoms with E-state index in [2.05, 4.69) is 29.0 Å². The molecule has 1 saturated heterocycles. The summed E-state index contributed by atoms with van der Waals surface area (Å²) in [4.78, 5) is 4.97. The van der Waals surface area contributed by atoms with Crippen molar-refractivity contribution in [3.63, 3.8) is 0 Å². The first-order valence-corrected chi connectivity index (χ1v) is 7.00. The Morgan fingerprint density at radius 3 is 2.61 bits per heavy atom. The van der Waals surface area contributed by atoms with Crippen LogP contribution in [0.15, 0.2) is 24.3 Å². The van der Waals surface area contributed by atoms with E-state index in [1.807, 2.05) is 12.1 Å². The lowest BCUT2D eigenvalue weighted by Gasteiger charge is -2.21. The lowest BCUT2D eigenvalue weighted by atomic mass is 10.1. The summed E-state index contributed by atoms with van der Waals surface area (Å²) in [6.45, 7) is 6.04. The molecule has 0 spiro atoms. The van der Waals surface area contributed by atoms with Gasteiger partial charge < -0.3 is 15.5 Å². The summed E-state index contributed by atoms with van der Waals surface area (Å²) < 4.78 is 0. The number of benzene rings is 1. The normalized spacial score (nSPS) is 16.6. The molecule has 2 N–H and O–H groups in total. The van der Waals surface area contributed by atoms with Gasteiger partial charge in [-0.2, -0.15) is 0 Å². The van der Waals surface area contributed by atoms with Crippen molar-refractivity contribution in [3.8, 4) is 0 Å². The minimum atomic E-state index is 0.922. The predicted octanol–water partition coefficient (Wildman–Crippen LogP) is 1.84. The highest BCUT2D eigenvalue weighted by Crippen LogP contribution is 2.11. The van der Waals surface area contributed by atoms with Gasteiger partial charge in [0.25, 0.3) is 0 Å². The molecule has 0 saturated carbocycles. The molecule has 0 radical (unpaired) electrons. The van der Waals surface area contributed by atoms with Crippen LogP contribution >= 0.6 is 0 Å². The van der Waals surface area contributed by atoms with Gasteiger partial charge in [-0.05, 0) is 51.0 Å². The van der Waals surface area contributed by atoms with Crippen LogP contribution in [-0.4, -0.2) is 49.6 Å². The van der Waals surface area contributed by atoms with Crippen molar-refractivity contribution in [2.45, 2.75) is 19.3 Å². The Morgan fingerprint density at radius 2 is 1.89 bits per heavy atom. The molecule has 1 heterocycles. The smallest absolute Gasteiger partial charge is 0.0347 e. The zero-order valence-electron chi connectivity index (χ0n) is 11.4. The van der Waals surface area contributed by atoms with Crippen molar-refractivity contribution < 1.29 is 0 Å². The zero-order chi connectivity index (χ0) is 12.8. The molecule has 1 aromatic carbocycles. The van der Waals surface area contributed by atoms with Crippen molar-refractivity contribution >= 4 is 5.69 Å². The molecule has 0 unspecified atom stereocenters. The van der Waals surface area contributed by atoms with Crippen LogP contribution < -0.4 is 5.73 Å². The van der Waals surface area contributed by atoms with Gasteiger partial charge in [0.05, 0.1) is 0 Å². The van der Waals surface area contributed by atoms with Gasteiger partial charge in [0.15, 0.2) is 0 Å². The van der Waals surface area contributed by atoms with Gasteiger partial charge in [-0.3, -0.25) is 0 Å². The predicted molar refractivity (Wildman–Crippen MR) is 77.7 cm³/mol. The number of anilines is 1. The van der Waals surface area contributed by atoms with E-state index >= 15 is 0 Å². The Hall–Kier alpha value is -1.06. The van der Waals surface area contributed by atoms with Crippen LogP contribution in [0.5, 0.6) is 0 Å². The number of nitrogens with zero attached hydrogens (tertiary/aromatic N) is 2. The molecule has 1 aromatic rings. The fraction of sp³-hybridized carbons (Fsp3) is 0.600. The lowest BCUT2D eigenvalue weighted by Crippen LogP contribution is -2.32. The molecule has 0 aliphatic carbocycles. The van der Waals surface area contributed by atoms with Crippen molar-refractivity contribution in [1.29, 1.82) is 0 Å². The van der Waals surface area contributed by atoms with E-state index in [1.165, 1.54) is 38.0 Å². The summed E-state index contributed by atoms with van der Waals surface area (Å²) >= 11 is 0. The maximum Gasteiger partial charge on any atom is 0.0347 e. The molecule has 3 heteroatoms. The van der Waals surface area contributed by atoms with E-state index in [1.54, 1.807) is 0 Å². The van der Waals surface area contributed by atoms with E-state index in [0.29, 0.717) is 0 Å². The molecule has 18 heavy (non-hydrogen) atoms. The molecule has 1 fully saturated rings. The van der Waals surface area contributed by atoms with Gasteiger partial charge >= 0.3 is 0 Å². The summed E-state index contributed by atoms with van der Waals surface area (Å²) in [6.07, 6.45) is 3.80. The Bertz CT molecular complexity index is 359. The monoisotopic (exact) mass is 247 g/mol. The minimum Gasteiger partial charge on any atom is -0.399 e. The average Bonchev–Trinajstić information content (AvgIpc) is 2.88. The number of likely N-dealkylation sites (tertiary alicyclic amines) is 1. The molecule has 0 amide bonds. The molecule has 0 bridgehead atoms. The molecule has 1 aliphatic heterocycles. The Labute approximate surface area is 111 Å². The number of hydrogen-bond donors (Lipinski definition) is 1. The van der Waals surface area contributed by atoms with Crippen molar-refractivity contribution in [3.05, 3.63) is 29.8 Å². The summed E-state index contributed by atoms with van der Waals surface area (Å²) in [5.74, 6) is 0. The fourth-order valence-electron chi connectivity index (χ4n) is 2.50. The quantitative estimate of drug-likeness (QED) is 0.779. The van der Waals surface area contributed by atoms with E-state index in [-0.39, 0.29) is 0 Å². The van der Waals surface area contributed by atoms with E-state index < -0.39 is 0 Å². The lowest BCUT2D eigenvalue weighted by molar-refractivity contribution is 0.259. The number of hydrogen-bond acceptors (Lipinski definition) is 3. The van der Waals surface area contributed by atoms with Crippen LogP contribution in [0.2, 0.25) is 0 Å². The first kappa shape index (κ1) is 13.4. The van der Waals surface area contributed by atoms with Crippen molar-refractivity contribution in [2.24, 2.45) is 0 Å². The van der Waals surface area contributed by atoms with Crippen LogP contribution in [0.1, 0.15) is 18.4 Å². The number of rotatable bonds is 6. The standard InChI is InChI=1S/C15H25N3/c1-17(12-13-18-9-4-5-10-18)11-8-14-6-2-3-7-15(14)16/h2-3,6-7H,4-5,8-13,16H2,1H3. The molecule has 3 nitrogen and oxygen atoms in total. The fourth-order valence-corrected chi connectivity index (χ4v) is 2.50. The van der Waals surface area contributed by atoms with E-state index in [9.17, 15) is 0 Å². The molecule has 0 aromatic heterocycles. The van der Waals surface area contributed by atoms with Crippen LogP contribution in [-0.2, 0) is 6.42 Å². The molecule has 1 aliphatic rings. The molecular weight excluding hydrogens is 222 g/mol. The maximum absolute atomic E-state index is 5.95. The number of likely N-dealkylation sites (N-methyl/N-ethyl adjacent to an activating group) is 1. The average molecular weight is 247 g/mol. The highest BCUT2D eigenvalue weighted by atomic mass is 15.2. The number of nitrogens with two attached hydrogens (primary N) is 1. The third kappa shape index (κ3) is 4.00. The third-order valence-electron chi connectivity index (χ3n) is 3.81. The second kappa shape index (κ2) is 6.76. The molecule has 0 atom stereocenters. The second-order valence-corrected chi connectivity index (χ2v) is 5.30. The van der Waals surface area contributed by atoms with Crippen LogP contribution in [0.25, 0.3) is 0 Å². The van der Waals surface area contributed by atoms with Crippen LogP contribution in [0.3, 0.4) is 0 Å². The van der Waals surface area contributed by atoms with Crippen LogP contribution in [0.4, 0.5) is 5.69 Å². The van der Waals surface area contributed by atoms with Crippen LogP contribution in [0, 0.1) is 0 Å². The topological polar surface area (TPSA) is 32.5 Å². The first-order chi connectivity index (χ1) is 8.75. The van der Waals surface area contributed by atoms with Crippen molar-refractivity contribution in [1.82, 2.24) is 9.80 Å². The Morgan fingerprint density at radius 1 is 1.17 bits per heavy atom. The highest BCUT2D eigenvalue weighted by Gasteiger charge is 2.11. The van der Waals surface area contributed by atoms with Crippen molar-refractivity contribution in [2.75, 3.05) is 45.5 Å². The molecular formula is C15H25N3. The molecule has 2 rings (SSSR count). The Balaban J connectivity index is 1.68. The van der Waals surface area contributed by atoms with Gasteiger partial charge in [0.2, 0.25) is 0 Å². The highest BCUT2D eigenvalue weighted by molar-refractivity contribution is 5.46. The van der Waals surface area contributed by atoms with Gasteiger partial charge in [-0.25, -0.2) is 0 Å². The third-order valence-corrected chi connectivity index (χ3v) is 3.81. The van der Waals surface area contributed by atoms with Gasteiger partial charge in [-0.1, -0.05) is 18.2 Å². The summed E-state index contributed by atoms with van der Waals surface area (Å²) in [6, 6.07) is 8.18. The van der Waals surface area contributed by atoms with E-state index in [0.717, 1.165) is 25.2 Å². The molecule has 100 valence electrons. The largest absolute Gasteiger partial charge is 0.399 e. The summed E-state index contributed by atoms with van der Waals surface area (Å²) in [5, 5.41) is 0. The minimum absolute atomic E-state index is 0.922. The SMILES string of the molecule is CN(CCc1ccccc1N)CCN1CCCC1. The summed E-state index contributed by atoms with van der Waals surface area (Å²) in [7, 11) is 2.20. The van der Waals surface area contributed by atoms with Gasteiger partial charge in [-0.15, -0.1) is 0 Å². The summed E-state index contributed by atoms with van der Waals surface area (Å²) in [5.41, 5.74) is 8.14. The first-order valence-electron chi connectivity index (χ1n) is 7.00. The Kier molecular flexibility index (Phi) is 5.02. The maximum atomic E-state index is 5.95. The number of nitrogen functional groups attached to an aromatic ring is 1. The number of para-hydroxylation sites is 1. The second-order valence-electron chi connectivity index (χ2n) is 5.30. The van der Waals surface area contributed by atoms with E-state index in [4.69, 9.17) is 5.73 Å². The van der Waals surface area contributed by atoms with Gasteiger partial charge in [0, 0.05) is 25.3 Å².